The summed E-state index contributed by atoms with van der Waals surface area (Å²) in [5, 5.41) is 18.1. The van der Waals surface area contributed by atoms with Gasteiger partial charge in [-0.25, -0.2) is 4.79 Å². The van der Waals surface area contributed by atoms with Crippen LogP contribution in [0, 0.1) is 16.9 Å². The van der Waals surface area contributed by atoms with Crippen molar-refractivity contribution in [2.75, 3.05) is 39.3 Å². The number of aliphatic imine (C=N–C) groups is 1. The number of nitrogens with zero attached hydrogens (tertiary/aromatic N) is 5. The third kappa shape index (κ3) is 3.53. The van der Waals surface area contributed by atoms with Crippen LogP contribution in [0.5, 0.6) is 0 Å². The van der Waals surface area contributed by atoms with Gasteiger partial charge in [0.05, 0.1) is 18.1 Å². The van der Waals surface area contributed by atoms with E-state index in [0.717, 1.165) is 0 Å². The SMILES string of the molecule is CCOC(=O)C(C)(C)CN1CC2CN(C(=O)O)CCN2/C1=N\C#N. The molecule has 2 saturated heterocycles. The summed E-state index contributed by atoms with van der Waals surface area (Å²) in [4.78, 5) is 32.4. The number of hydrogen-bond donors (Lipinski definition) is 1. The minimum absolute atomic E-state index is 0.0695. The molecule has 2 fully saturated rings. The first-order chi connectivity index (χ1) is 11.3. The molecule has 9 heteroatoms. The highest BCUT2D eigenvalue weighted by atomic mass is 16.5. The second kappa shape index (κ2) is 6.95. The zero-order chi connectivity index (χ0) is 17.9. The summed E-state index contributed by atoms with van der Waals surface area (Å²) in [6.07, 6.45) is 0.860. The van der Waals surface area contributed by atoms with Crippen molar-refractivity contribution in [3.8, 4) is 6.19 Å². The van der Waals surface area contributed by atoms with Crippen molar-refractivity contribution in [2.45, 2.75) is 26.8 Å². The van der Waals surface area contributed by atoms with E-state index in [-0.39, 0.29) is 12.0 Å². The van der Waals surface area contributed by atoms with E-state index in [1.54, 1.807) is 27.0 Å². The van der Waals surface area contributed by atoms with E-state index in [9.17, 15) is 9.59 Å². The second-order valence-electron chi connectivity index (χ2n) is 6.57. The number of ether oxygens (including phenoxy) is 1. The van der Waals surface area contributed by atoms with E-state index in [0.29, 0.717) is 45.3 Å². The van der Waals surface area contributed by atoms with Crippen LogP contribution >= 0.6 is 0 Å². The number of carbonyl (C=O) groups excluding carboxylic acids is 1. The van der Waals surface area contributed by atoms with Crippen LogP contribution in [0.25, 0.3) is 0 Å². The molecule has 1 amide bonds. The van der Waals surface area contributed by atoms with Crippen molar-refractivity contribution in [1.82, 2.24) is 14.7 Å². The number of carboxylic acid groups (broad SMARTS) is 1. The number of carbonyl (C=O) groups is 2. The summed E-state index contributed by atoms with van der Waals surface area (Å²) in [5.74, 6) is 0.197. The Labute approximate surface area is 141 Å². The third-order valence-electron chi connectivity index (χ3n) is 4.29. The van der Waals surface area contributed by atoms with Gasteiger partial charge in [0.1, 0.15) is 0 Å². The van der Waals surface area contributed by atoms with Crippen LogP contribution in [0.3, 0.4) is 0 Å². The Morgan fingerprint density at radius 1 is 1.42 bits per heavy atom. The molecule has 0 spiro atoms. The van der Waals surface area contributed by atoms with Gasteiger partial charge in [-0.3, -0.25) is 4.79 Å². The van der Waals surface area contributed by atoms with Gasteiger partial charge in [-0.05, 0) is 20.8 Å². The van der Waals surface area contributed by atoms with Gasteiger partial charge in [0, 0.05) is 32.7 Å². The monoisotopic (exact) mass is 337 g/mol. The van der Waals surface area contributed by atoms with Gasteiger partial charge in [0.25, 0.3) is 0 Å². The van der Waals surface area contributed by atoms with E-state index in [4.69, 9.17) is 15.1 Å². The Hall–Kier alpha value is -2.50. The highest BCUT2D eigenvalue weighted by Crippen LogP contribution is 2.26. The fourth-order valence-electron chi connectivity index (χ4n) is 3.15. The Kier molecular flexibility index (Phi) is 5.17. The summed E-state index contributed by atoms with van der Waals surface area (Å²) in [6, 6.07) is -0.0695. The minimum atomic E-state index is -0.946. The van der Waals surface area contributed by atoms with Crippen LogP contribution in [0.1, 0.15) is 20.8 Å². The molecule has 2 aliphatic heterocycles. The summed E-state index contributed by atoms with van der Waals surface area (Å²) in [7, 11) is 0. The van der Waals surface area contributed by atoms with Crippen molar-refractivity contribution in [3.63, 3.8) is 0 Å². The van der Waals surface area contributed by atoms with Crippen molar-refractivity contribution in [2.24, 2.45) is 10.4 Å². The number of amides is 1. The molecule has 0 radical (unpaired) electrons. The van der Waals surface area contributed by atoms with Crippen LogP contribution in [-0.4, -0.2) is 83.2 Å². The highest BCUT2D eigenvalue weighted by molar-refractivity contribution is 5.85. The number of fused-ring (bicyclic) bond motifs is 1. The zero-order valence-electron chi connectivity index (χ0n) is 14.2. The molecule has 2 heterocycles. The fraction of sp³-hybridized carbons (Fsp3) is 0.733. The van der Waals surface area contributed by atoms with Crippen LogP contribution in [-0.2, 0) is 9.53 Å². The summed E-state index contributed by atoms with van der Waals surface area (Å²) >= 11 is 0. The largest absolute Gasteiger partial charge is 0.466 e. The molecular weight excluding hydrogens is 314 g/mol. The number of rotatable bonds is 4. The Balaban J connectivity index is 2.16. The Morgan fingerprint density at radius 3 is 2.71 bits per heavy atom. The highest BCUT2D eigenvalue weighted by Gasteiger charge is 2.43. The summed E-state index contributed by atoms with van der Waals surface area (Å²) < 4.78 is 5.11. The first-order valence-electron chi connectivity index (χ1n) is 7.93. The smallest absolute Gasteiger partial charge is 0.407 e. The molecule has 0 aliphatic carbocycles. The summed E-state index contributed by atoms with van der Waals surface area (Å²) in [6.45, 7) is 7.72. The third-order valence-corrected chi connectivity index (χ3v) is 4.29. The van der Waals surface area contributed by atoms with E-state index < -0.39 is 11.5 Å². The lowest BCUT2D eigenvalue weighted by atomic mass is 9.93. The lowest BCUT2D eigenvalue weighted by molar-refractivity contribution is -0.153. The van der Waals surface area contributed by atoms with E-state index in [1.807, 2.05) is 9.80 Å². The van der Waals surface area contributed by atoms with Gasteiger partial charge >= 0.3 is 12.1 Å². The summed E-state index contributed by atoms with van der Waals surface area (Å²) in [5.41, 5.74) is -0.757. The molecule has 1 N–H and O–H groups in total. The molecule has 2 rings (SSSR count). The maximum absolute atomic E-state index is 12.1. The predicted molar refractivity (Wildman–Crippen MR) is 85.1 cm³/mol. The molecule has 0 aromatic rings. The topological polar surface area (TPSA) is 109 Å². The number of hydrogen-bond acceptors (Lipinski definition) is 5. The lowest BCUT2D eigenvalue weighted by Gasteiger charge is -2.35. The van der Waals surface area contributed by atoms with Crippen LogP contribution < -0.4 is 0 Å². The maximum atomic E-state index is 12.1. The van der Waals surface area contributed by atoms with Gasteiger partial charge in [-0.2, -0.15) is 5.26 Å². The van der Waals surface area contributed by atoms with Crippen molar-refractivity contribution in [1.29, 1.82) is 5.26 Å². The molecule has 24 heavy (non-hydrogen) atoms. The zero-order valence-corrected chi connectivity index (χ0v) is 14.2. The van der Waals surface area contributed by atoms with Crippen LogP contribution in [0.4, 0.5) is 4.79 Å². The second-order valence-corrected chi connectivity index (χ2v) is 6.57. The predicted octanol–water partition coefficient (Wildman–Crippen LogP) is 0.393. The van der Waals surface area contributed by atoms with Crippen molar-refractivity contribution >= 4 is 18.0 Å². The number of piperazine rings is 1. The van der Waals surface area contributed by atoms with Crippen LogP contribution in [0.15, 0.2) is 4.99 Å². The van der Waals surface area contributed by atoms with Gasteiger partial charge in [0.15, 0.2) is 0 Å². The van der Waals surface area contributed by atoms with Gasteiger partial charge < -0.3 is 24.5 Å². The van der Waals surface area contributed by atoms with E-state index >= 15 is 0 Å². The van der Waals surface area contributed by atoms with Crippen molar-refractivity contribution < 1.29 is 19.4 Å². The molecule has 0 aromatic heterocycles. The van der Waals surface area contributed by atoms with Crippen molar-refractivity contribution in [3.05, 3.63) is 0 Å². The number of esters is 1. The molecule has 132 valence electrons. The quantitative estimate of drug-likeness (QED) is 0.584. The maximum Gasteiger partial charge on any atom is 0.407 e. The Morgan fingerprint density at radius 2 is 2.12 bits per heavy atom. The van der Waals surface area contributed by atoms with Gasteiger partial charge in [0.2, 0.25) is 12.2 Å². The lowest BCUT2D eigenvalue weighted by Crippen LogP contribution is -2.53. The molecule has 2 aliphatic rings. The molecule has 0 bridgehead atoms. The van der Waals surface area contributed by atoms with Crippen LogP contribution in [0.2, 0.25) is 0 Å². The normalized spacial score (nSPS) is 22.3. The standard InChI is InChI=1S/C15H23N5O4/c1-4-24-12(21)15(2,3)9-19-8-11-7-18(14(22)23)5-6-20(11)13(19)17-10-16/h11H,4-9H2,1-3H3,(H,22,23)/b17-13-. The number of nitriles is 1. The minimum Gasteiger partial charge on any atom is -0.466 e. The van der Waals surface area contributed by atoms with Gasteiger partial charge in [-0.1, -0.05) is 0 Å². The Bertz CT molecular complexity index is 583. The van der Waals surface area contributed by atoms with E-state index in [1.165, 1.54) is 4.90 Å². The molecular formula is C15H23N5O4. The average Bonchev–Trinajstić information content (AvgIpc) is 2.84. The first kappa shape index (κ1) is 17.8. The molecule has 1 atom stereocenters. The van der Waals surface area contributed by atoms with E-state index in [2.05, 4.69) is 4.99 Å². The molecule has 0 aromatic carbocycles. The molecule has 9 nitrogen and oxygen atoms in total. The fourth-order valence-corrected chi connectivity index (χ4v) is 3.15. The number of guanidine groups is 1. The molecule has 0 saturated carbocycles. The molecule has 1 unspecified atom stereocenters. The first-order valence-corrected chi connectivity index (χ1v) is 7.93. The van der Waals surface area contributed by atoms with Gasteiger partial charge in [-0.15, -0.1) is 4.99 Å². The average molecular weight is 337 g/mol.